The molecule has 0 bridgehead atoms. The highest BCUT2D eigenvalue weighted by molar-refractivity contribution is 8.14. The van der Waals surface area contributed by atoms with Crippen LogP contribution in [0.2, 0.25) is 0 Å². The molecule has 2 unspecified atom stereocenters. The number of carbonyl (C=O) groups excluding carboxylic acids is 3. The van der Waals surface area contributed by atoms with Crippen LogP contribution in [0, 0.1) is 0 Å². The van der Waals surface area contributed by atoms with Crippen molar-refractivity contribution in [3.63, 3.8) is 0 Å². The van der Waals surface area contributed by atoms with E-state index in [0.29, 0.717) is 11.4 Å². The Kier molecular flexibility index (Phi) is 5.94. The number of hydrogen-bond donors (Lipinski definition) is 0. The molecule has 1 saturated heterocycles. The molecule has 0 spiro atoms. The minimum absolute atomic E-state index is 0.0319. The van der Waals surface area contributed by atoms with E-state index < -0.39 is 6.23 Å². The number of fused-ring (bicyclic) bond motifs is 1. The molecule has 0 N–H and O–H groups in total. The van der Waals surface area contributed by atoms with Gasteiger partial charge in [0, 0.05) is 10.5 Å². The summed E-state index contributed by atoms with van der Waals surface area (Å²) < 4.78 is 6.07. The highest BCUT2D eigenvalue weighted by Crippen LogP contribution is 2.33. The lowest BCUT2D eigenvalue weighted by molar-refractivity contribution is -0.137. The molecule has 2 atom stereocenters. The van der Waals surface area contributed by atoms with Gasteiger partial charge in [-0.1, -0.05) is 54.2 Å². The minimum atomic E-state index is -0.798. The van der Waals surface area contributed by atoms with E-state index in [9.17, 15) is 14.4 Å². The smallest absolute Gasteiger partial charge is 0.291 e. The summed E-state index contributed by atoms with van der Waals surface area (Å²) in [5, 5.41) is -0.310. The van der Waals surface area contributed by atoms with E-state index in [0.717, 1.165) is 22.2 Å². The molecule has 3 amide bonds. The number of carbonyl (C=O) groups is 3. The van der Waals surface area contributed by atoms with Crippen LogP contribution in [0.4, 0.5) is 4.79 Å². The van der Waals surface area contributed by atoms with Crippen molar-refractivity contribution < 1.29 is 19.1 Å². The molecule has 0 aliphatic carbocycles. The number of benzene rings is 2. The van der Waals surface area contributed by atoms with Gasteiger partial charge >= 0.3 is 0 Å². The van der Waals surface area contributed by atoms with Crippen molar-refractivity contribution >= 4 is 40.6 Å². The molecule has 2 aromatic carbocycles. The maximum atomic E-state index is 12.9. The predicted octanol–water partition coefficient (Wildman–Crippen LogP) is 3.99. The van der Waals surface area contributed by atoms with Crippen molar-refractivity contribution in [2.45, 2.75) is 24.1 Å². The highest BCUT2D eigenvalue weighted by atomic mass is 32.2. The molecule has 4 rings (SSSR count). The number of ether oxygens (including phenoxy) is 1. The van der Waals surface area contributed by atoms with Gasteiger partial charge in [-0.25, -0.2) is 4.90 Å². The van der Waals surface area contributed by atoms with Gasteiger partial charge in [0.15, 0.2) is 6.23 Å². The minimum Gasteiger partial charge on any atom is -0.351 e. The summed E-state index contributed by atoms with van der Waals surface area (Å²) in [7, 11) is 0. The Hall–Kier alpha value is -2.29. The van der Waals surface area contributed by atoms with Crippen molar-refractivity contribution in [3.8, 4) is 0 Å². The van der Waals surface area contributed by atoms with E-state index in [1.54, 1.807) is 16.7 Å². The average Bonchev–Trinajstić information content (AvgIpc) is 3.08. The summed E-state index contributed by atoms with van der Waals surface area (Å²) in [6.45, 7) is 2.12. The van der Waals surface area contributed by atoms with E-state index in [1.807, 2.05) is 61.5 Å². The fourth-order valence-corrected chi connectivity index (χ4v) is 5.16. The number of thioether (sulfide) groups is 2. The first kappa shape index (κ1) is 20.0. The van der Waals surface area contributed by atoms with Crippen LogP contribution in [0.15, 0.2) is 59.5 Å². The van der Waals surface area contributed by atoms with Crippen LogP contribution in [0.1, 0.15) is 29.1 Å². The molecule has 2 aromatic rings. The van der Waals surface area contributed by atoms with Gasteiger partial charge in [-0.05, 0) is 19.1 Å². The van der Waals surface area contributed by atoms with Crippen LogP contribution in [0.25, 0.3) is 0 Å². The fraction of sp³-hybridized carbons (Fsp3) is 0.286. The third-order valence-corrected chi connectivity index (χ3v) is 6.78. The second-order valence-electron chi connectivity index (χ2n) is 6.81. The van der Waals surface area contributed by atoms with Gasteiger partial charge in [0.1, 0.15) is 0 Å². The first-order valence-corrected chi connectivity index (χ1v) is 11.2. The molecule has 0 saturated carbocycles. The third kappa shape index (κ3) is 4.05. The van der Waals surface area contributed by atoms with Crippen molar-refractivity contribution in [1.29, 1.82) is 0 Å². The van der Waals surface area contributed by atoms with Crippen molar-refractivity contribution in [3.05, 3.63) is 65.7 Å². The van der Waals surface area contributed by atoms with Gasteiger partial charge in [0.25, 0.3) is 11.1 Å². The number of hydrogen-bond acceptors (Lipinski definition) is 6. The number of nitrogens with zero attached hydrogens (tertiary/aromatic N) is 2. The lowest BCUT2D eigenvalue weighted by atomic mass is 10.1. The number of rotatable bonds is 6. The van der Waals surface area contributed by atoms with Crippen molar-refractivity contribution in [1.82, 2.24) is 9.80 Å². The fourth-order valence-electron chi connectivity index (χ4n) is 3.30. The summed E-state index contributed by atoms with van der Waals surface area (Å²) in [6.07, 6.45) is -0.798. The SMILES string of the molecule is CC(COC(c1ccccc1)N1C(=O)CSC1=O)N1CSc2ccccc2C1=O. The van der Waals surface area contributed by atoms with Crippen LogP contribution in [-0.4, -0.2) is 51.1 Å². The van der Waals surface area contributed by atoms with Gasteiger partial charge < -0.3 is 9.64 Å². The zero-order chi connectivity index (χ0) is 20.4. The van der Waals surface area contributed by atoms with E-state index in [4.69, 9.17) is 4.74 Å². The highest BCUT2D eigenvalue weighted by Gasteiger charge is 2.38. The van der Waals surface area contributed by atoms with Gasteiger partial charge in [-0.2, -0.15) is 0 Å². The number of amides is 3. The molecule has 2 aliphatic rings. The van der Waals surface area contributed by atoms with Crippen LogP contribution in [0.5, 0.6) is 0 Å². The van der Waals surface area contributed by atoms with Crippen LogP contribution in [-0.2, 0) is 9.53 Å². The quantitative estimate of drug-likeness (QED) is 0.693. The average molecular weight is 429 g/mol. The second kappa shape index (κ2) is 8.61. The zero-order valence-electron chi connectivity index (χ0n) is 15.8. The molecular formula is C21H20N2O4S2. The van der Waals surface area contributed by atoms with Crippen LogP contribution < -0.4 is 0 Å². The van der Waals surface area contributed by atoms with Gasteiger partial charge in [-0.3, -0.25) is 14.4 Å². The van der Waals surface area contributed by atoms with E-state index in [2.05, 4.69) is 0 Å². The molecule has 1 fully saturated rings. The molecule has 2 aliphatic heterocycles. The summed E-state index contributed by atoms with van der Waals surface area (Å²) in [5.41, 5.74) is 1.42. The topological polar surface area (TPSA) is 66.9 Å². The molecule has 150 valence electrons. The van der Waals surface area contributed by atoms with Crippen LogP contribution in [0.3, 0.4) is 0 Å². The molecule has 2 heterocycles. The molecule has 8 heteroatoms. The predicted molar refractivity (Wildman–Crippen MR) is 113 cm³/mol. The van der Waals surface area contributed by atoms with Gasteiger partial charge in [-0.15, -0.1) is 11.8 Å². The molecule has 0 radical (unpaired) electrons. The summed E-state index contributed by atoms with van der Waals surface area (Å²) in [6, 6.07) is 16.6. The molecular weight excluding hydrogens is 408 g/mol. The molecule has 6 nitrogen and oxygen atoms in total. The van der Waals surface area contributed by atoms with Crippen LogP contribution >= 0.6 is 23.5 Å². The summed E-state index contributed by atoms with van der Waals surface area (Å²) in [5.74, 6) is 0.364. The summed E-state index contributed by atoms with van der Waals surface area (Å²) >= 11 is 2.59. The normalized spacial score (nSPS) is 18.7. The molecule has 0 aromatic heterocycles. The summed E-state index contributed by atoms with van der Waals surface area (Å²) in [4.78, 5) is 41.3. The van der Waals surface area contributed by atoms with E-state index in [1.165, 1.54) is 4.90 Å². The first-order chi connectivity index (χ1) is 14.1. The molecule has 29 heavy (non-hydrogen) atoms. The Morgan fingerprint density at radius 2 is 1.72 bits per heavy atom. The largest absolute Gasteiger partial charge is 0.351 e. The van der Waals surface area contributed by atoms with Crippen molar-refractivity contribution in [2.24, 2.45) is 0 Å². The third-order valence-electron chi connectivity index (χ3n) is 4.87. The zero-order valence-corrected chi connectivity index (χ0v) is 17.4. The Bertz CT molecular complexity index is 921. The first-order valence-electron chi connectivity index (χ1n) is 9.24. The standard InChI is InChI=1S/C21H20N2O4S2/c1-14(22-13-29-17-10-6-5-9-16(17)19(22)25)11-27-20(15-7-3-2-4-8-15)23-18(24)12-28-21(23)26/h2-10,14,20H,11-13H2,1H3. The maximum Gasteiger partial charge on any atom is 0.291 e. The Labute approximate surface area is 177 Å². The Balaban J connectivity index is 1.50. The van der Waals surface area contributed by atoms with E-state index in [-0.39, 0.29) is 35.5 Å². The Morgan fingerprint density at radius 3 is 2.45 bits per heavy atom. The lowest BCUT2D eigenvalue weighted by Crippen LogP contribution is -2.44. The van der Waals surface area contributed by atoms with Gasteiger partial charge in [0.05, 0.1) is 29.8 Å². The monoisotopic (exact) mass is 428 g/mol. The van der Waals surface area contributed by atoms with E-state index >= 15 is 0 Å². The second-order valence-corrected chi connectivity index (χ2v) is 8.72. The van der Waals surface area contributed by atoms with Crippen molar-refractivity contribution in [2.75, 3.05) is 18.2 Å². The Morgan fingerprint density at radius 1 is 1.00 bits per heavy atom. The van der Waals surface area contributed by atoms with Gasteiger partial charge in [0.2, 0.25) is 5.91 Å². The maximum absolute atomic E-state index is 12.9. The number of imide groups is 1. The lowest BCUT2D eigenvalue weighted by Gasteiger charge is -2.34.